The molecule has 0 saturated heterocycles. The summed E-state index contributed by atoms with van der Waals surface area (Å²) in [6.07, 6.45) is 6.79. The summed E-state index contributed by atoms with van der Waals surface area (Å²) in [6.45, 7) is 5.83. The minimum atomic E-state index is 0.721. The first-order valence-corrected chi connectivity index (χ1v) is 17.1. The zero-order valence-corrected chi connectivity index (χ0v) is 27.8. The standard InChI is InChI=1S/C42H42N4O2/c1-3-5-11-29-47-35-23-19-33(20-24-35)43-45-39-27-17-31-13-7-9-15-37(31)41(39)42-38-16-10-8-14-32(38)18-28-40(42)46-44-34-21-25-36(26-22-34)48-30-12-6-4-2/h7-10,13-28H,3-6,11-12,29-30H2,1-2H3. The number of benzene rings is 6. The number of ether oxygens (including phenoxy) is 2. The SMILES string of the molecule is CCCCCOc1ccc(N=Nc2ccc3ccccc3c2-c2c(N=Nc3ccc(OCCCCC)cc3)ccc3ccccc23)cc1. The Hall–Kier alpha value is -5.36. The smallest absolute Gasteiger partial charge is 0.119 e. The van der Waals surface area contributed by atoms with E-state index in [0.717, 1.165) is 93.0 Å². The highest BCUT2D eigenvalue weighted by molar-refractivity contribution is 6.12. The Bertz CT molecular complexity index is 1850. The fourth-order valence-electron chi connectivity index (χ4n) is 5.74. The maximum absolute atomic E-state index is 5.89. The summed E-state index contributed by atoms with van der Waals surface area (Å²) in [6, 6.07) is 40.6. The predicted molar refractivity (Wildman–Crippen MR) is 198 cm³/mol. The monoisotopic (exact) mass is 634 g/mol. The molecule has 0 aliphatic carbocycles. The second-order valence-electron chi connectivity index (χ2n) is 11.9. The van der Waals surface area contributed by atoms with Gasteiger partial charge in [0.2, 0.25) is 0 Å². The van der Waals surface area contributed by atoms with Crippen molar-refractivity contribution in [3.63, 3.8) is 0 Å². The second kappa shape index (κ2) is 16.5. The van der Waals surface area contributed by atoms with Crippen LogP contribution in [-0.4, -0.2) is 13.2 Å². The van der Waals surface area contributed by atoms with E-state index in [1.165, 1.54) is 25.7 Å². The minimum absolute atomic E-state index is 0.721. The molecule has 0 heterocycles. The number of hydrogen-bond donors (Lipinski definition) is 0. The lowest BCUT2D eigenvalue weighted by atomic mass is 9.91. The Morgan fingerprint density at radius 2 is 0.833 bits per heavy atom. The third-order valence-corrected chi connectivity index (χ3v) is 8.32. The van der Waals surface area contributed by atoms with Crippen LogP contribution in [0.25, 0.3) is 32.7 Å². The molecule has 0 atom stereocenters. The third-order valence-electron chi connectivity index (χ3n) is 8.32. The maximum atomic E-state index is 5.89. The highest BCUT2D eigenvalue weighted by Crippen LogP contribution is 2.46. The second-order valence-corrected chi connectivity index (χ2v) is 11.9. The molecule has 242 valence electrons. The Morgan fingerprint density at radius 1 is 0.417 bits per heavy atom. The topological polar surface area (TPSA) is 67.9 Å². The average molecular weight is 635 g/mol. The van der Waals surface area contributed by atoms with Gasteiger partial charge < -0.3 is 9.47 Å². The Kier molecular flexibility index (Phi) is 11.2. The molecule has 0 N–H and O–H groups in total. The van der Waals surface area contributed by atoms with Crippen LogP contribution in [0.2, 0.25) is 0 Å². The Morgan fingerprint density at radius 3 is 1.25 bits per heavy atom. The molecule has 6 nitrogen and oxygen atoms in total. The first kappa shape index (κ1) is 32.6. The van der Waals surface area contributed by atoms with E-state index in [9.17, 15) is 0 Å². The fourth-order valence-corrected chi connectivity index (χ4v) is 5.74. The molecule has 0 radical (unpaired) electrons. The van der Waals surface area contributed by atoms with E-state index in [4.69, 9.17) is 19.7 Å². The van der Waals surface area contributed by atoms with Crippen molar-refractivity contribution in [2.75, 3.05) is 13.2 Å². The van der Waals surface area contributed by atoms with E-state index in [1.807, 2.05) is 60.7 Å². The molecule has 0 aromatic heterocycles. The van der Waals surface area contributed by atoms with Crippen molar-refractivity contribution in [3.8, 4) is 22.6 Å². The van der Waals surface area contributed by atoms with Gasteiger partial charge in [0.25, 0.3) is 0 Å². The van der Waals surface area contributed by atoms with E-state index in [0.29, 0.717) is 0 Å². The summed E-state index contributed by atoms with van der Waals surface area (Å²) >= 11 is 0. The molecule has 6 aromatic rings. The summed E-state index contributed by atoms with van der Waals surface area (Å²) < 4.78 is 11.8. The van der Waals surface area contributed by atoms with Crippen LogP contribution in [-0.2, 0) is 0 Å². The molecule has 0 unspecified atom stereocenters. The summed E-state index contributed by atoms with van der Waals surface area (Å²) in [5.74, 6) is 1.69. The molecule has 6 heteroatoms. The third kappa shape index (κ3) is 8.13. The molecule has 0 aliphatic rings. The van der Waals surface area contributed by atoms with Gasteiger partial charge >= 0.3 is 0 Å². The van der Waals surface area contributed by atoms with Gasteiger partial charge in [-0.25, -0.2) is 0 Å². The number of azo groups is 2. The van der Waals surface area contributed by atoms with Crippen LogP contribution < -0.4 is 9.47 Å². The quantitative estimate of drug-likeness (QED) is 0.0833. The van der Waals surface area contributed by atoms with Crippen molar-refractivity contribution < 1.29 is 9.47 Å². The summed E-state index contributed by atoms with van der Waals surface area (Å²) in [4.78, 5) is 0. The molecule has 6 aromatic carbocycles. The van der Waals surface area contributed by atoms with Gasteiger partial charge in [0.1, 0.15) is 11.5 Å². The number of hydrogen-bond acceptors (Lipinski definition) is 6. The fraction of sp³-hybridized carbons (Fsp3) is 0.238. The van der Waals surface area contributed by atoms with E-state index in [-0.39, 0.29) is 0 Å². The lowest BCUT2D eigenvalue weighted by Gasteiger charge is -2.15. The average Bonchev–Trinajstić information content (AvgIpc) is 3.14. The minimum Gasteiger partial charge on any atom is -0.494 e. The van der Waals surface area contributed by atoms with Crippen molar-refractivity contribution >= 4 is 44.3 Å². The lowest BCUT2D eigenvalue weighted by Crippen LogP contribution is -1.96. The highest BCUT2D eigenvalue weighted by atomic mass is 16.5. The van der Waals surface area contributed by atoms with Gasteiger partial charge in [-0.15, -0.1) is 10.2 Å². The van der Waals surface area contributed by atoms with E-state index < -0.39 is 0 Å². The number of unbranched alkanes of at least 4 members (excludes halogenated alkanes) is 4. The van der Waals surface area contributed by atoms with Gasteiger partial charge in [0, 0.05) is 11.1 Å². The zero-order valence-electron chi connectivity index (χ0n) is 27.8. The summed E-state index contributed by atoms with van der Waals surface area (Å²) in [5, 5.41) is 23.4. The largest absolute Gasteiger partial charge is 0.494 e. The predicted octanol–water partition coefficient (Wildman–Crippen LogP) is 13.6. The van der Waals surface area contributed by atoms with Crippen molar-refractivity contribution in [1.29, 1.82) is 0 Å². The Labute approximate surface area is 283 Å². The highest BCUT2D eigenvalue weighted by Gasteiger charge is 2.17. The molecule has 0 aliphatic heterocycles. The van der Waals surface area contributed by atoms with Crippen molar-refractivity contribution in [2.45, 2.75) is 52.4 Å². The van der Waals surface area contributed by atoms with E-state index in [1.54, 1.807) is 0 Å². The molecular weight excluding hydrogens is 592 g/mol. The Balaban J connectivity index is 1.37. The number of rotatable bonds is 15. The zero-order chi connectivity index (χ0) is 33.0. The van der Waals surface area contributed by atoms with Crippen molar-refractivity contribution in [1.82, 2.24) is 0 Å². The molecule has 0 amide bonds. The van der Waals surface area contributed by atoms with Crippen LogP contribution in [0.15, 0.2) is 142 Å². The van der Waals surface area contributed by atoms with Gasteiger partial charge in [-0.3, -0.25) is 0 Å². The lowest BCUT2D eigenvalue weighted by molar-refractivity contribution is 0.306. The van der Waals surface area contributed by atoms with Crippen molar-refractivity contribution in [2.24, 2.45) is 20.5 Å². The summed E-state index contributed by atoms with van der Waals surface area (Å²) in [7, 11) is 0. The number of fused-ring (bicyclic) bond motifs is 2. The van der Waals surface area contributed by atoms with E-state index >= 15 is 0 Å². The van der Waals surface area contributed by atoms with Gasteiger partial charge in [-0.1, -0.05) is 100 Å². The van der Waals surface area contributed by atoms with Crippen molar-refractivity contribution in [3.05, 3.63) is 121 Å². The van der Waals surface area contributed by atoms with Gasteiger partial charge in [-0.05, 0) is 95.1 Å². The van der Waals surface area contributed by atoms with Crippen LogP contribution >= 0.6 is 0 Å². The molecule has 0 bridgehead atoms. The van der Waals surface area contributed by atoms with Gasteiger partial charge in [-0.2, -0.15) is 10.2 Å². The van der Waals surface area contributed by atoms with Gasteiger partial charge in [0.15, 0.2) is 0 Å². The van der Waals surface area contributed by atoms with Crippen LogP contribution in [0.3, 0.4) is 0 Å². The van der Waals surface area contributed by atoms with Crippen LogP contribution in [0, 0.1) is 0 Å². The molecule has 0 spiro atoms. The van der Waals surface area contributed by atoms with Gasteiger partial charge in [0.05, 0.1) is 36.0 Å². The summed E-state index contributed by atoms with van der Waals surface area (Å²) in [5.41, 5.74) is 4.96. The van der Waals surface area contributed by atoms with E-state index in [2.05, 4.69) is 84.7 Å². The van der Waals surface area contributed by atoms with Crippen LogP contribution in [0.1, 0.15) is 52.4 Å². The molecule has 0 saturated carbocycles. The van der Waals surface area contributed by atoms with Crippen LogP contribution in [0.4, 0.5) is 22.7 Å². The first-order valence-electron chi connectivity index (χ1n) is 17.1. The molecule has 0 fully saturated rings. The maximum Gasteiger partial charge on any atom is 0.119 e. The molecular formula is C42H42N4O2. The normalized spacial score (nSPS) is 11.6. The molecule has 48 heavy (non-hydrogen) atoms. The molecule has 6 rings (SSSR count). The first-order chi connectivity index (χ1) is 23.7. The van der Waals surface area contributed by atoms with Crippen LogP contribution in [0.5, 0.6) is 11.5 Å². The number of nitrogens with zero attached hydrogens (tertiary/aromatic N) is 4.